The molecule has 0 spiro atoms. The molecule has 0 aliphatic heterocycles. The van der Waals surface area contributed by atoms with Gasteiger partial charge in [0, 0.05) is 25.5 Å². The van der Waals surface area contributed by atoms with Crippen molar-refractivity contribution in [1.82, 2.24) is 14.3 Å². The van der Waals surface area contributed by atoms with Crippen molar-refractivity contribution in [3.8, 4) is 0 Å². The number of hydrogen-bond acceptors (Lipinski definition) is 4. The summed E-state index contributed by atoms with van der Waals surface area (Å²) in [6.07, 6.45) is 5.06. The van der Waals surface area contributed by atoms with Gasteiger partial charge < -0.3 is 9.67 Å². The van der Waals surface area contributed by atoms with Gasteiger partial charge in [0.15, 0.2) is 0 Å². The highest BCUT2D eigenvalue weighted by molar-refractivity contribution is 7.88. The molecule has 0 aliphatic carbocycles. The van der Waals surface area contributed by atoms with E-state index in [4.69, 9.17) is 5.11 Å². The first-order valence-corrected chi connectivity index (χ1v) is 7.86. The summed E-state index contributed by atoms with van der Waals surface area (Å²) in [5, 5.41) is 9.03. The maximum atomic E-state index is 11.9. The number of aromatic nitrogens is 2. The Hall–Kier alpha value is -1.70. The molecule has 2 aromatic rings. The molecule has 7 heteroatoms. The van der Waals surface area contributed by atoms with Crippen molar-refractivity contribution in [2.75, 3.05) is 6.54 Å². The summed E-state index contributed by atoms with van der Waals surface area (Å²) < 4.78 is 28.2. The standard InChI is InChI=1S/C13H17N3O3S/c17-9-12-2-1-3-13(8-12)10-20(18,19)15-5-7-16-6-4-14-11-16/h1-4,6,8,11,15,17H,5,7,9-10H2. The Balaban J connectivity index is 1.89. The minimum Gasteiger partial charge on any atom is -0.392 e. The number of sulfonamides is 1. The maximum absolute atomic E-state index is 11.9. The molecule has 0 bridgehead atoms. The number of aliphatic hydroxyl groups excluding tert-OH is 1. The zero-order chi connectivity index (χ0) is 14.4. The van der Waals surface area contributed by atoms with Crippen LogP contribution in [0, 0.1) is 0 Å². The summed E-state index contributed by atoms with van der Waals surface area (Å²) in [5.74, 6) is -0.0925. The number of benzene rings is 1. The second-order valence-electron chi connectivity index (χ2n) is 4.43. The van der Waals surface area contributed by atoms with E-state index in [-0.39, 0.29) is 12.4 Å². The number of imidazole rings is 1. The second-order valence-corrected chi connectivity index (χ2v) is 6.24. The molecule has 108 valence electrons. The lowest BCUT2D eigenvalue weighted by atomic mass is 10.1. The highest BCUT2D eigenvalue weighted by atomic mass is 32.2. The molecular weight excluding hydrogens is 278 g/mol. The average Bonchev–Trinajstić information content (AvgIpc) is 2.91. The van der Waals surface area contributed by atoms with E-state index in [1.807, 2.05) is 0 Å². The normalized spacial score (nSPS) is 11.7. The smallest absolute Gasteiger partial charge is 0.215 e. The summed E-state index contributed by atoms with van der Waals surface area (Å²) >= 11 is 0. The quantitative estimate of drug-likeness (QED) is 0.779. The molecule has 0 saturated heterocycles. The van der Waals surface area contributed by atoms with Crippen LogP contribution in [0.15, 0.2) is 43.0 Å². The van der Waals surface area contributed by atoms with E-state index in [1.54, 1.807) is 47.6 Å². The Labute approximate surface area is 118 Å². The maximum Gasteiger partial charge on any atom is 0.215 e. The monoisotopic (exact) mass is 295 g/mol. The molecule has 0 saturated carbocycles. The fourth-order valence-electron chi connectivity index (χ4n) is 1.84. The Kier molecular flexibility index (Phi) is 4.89. The fraction of sp³-hybridized carbons (Fsp3) is 0.308. The first kappa shape index (κ1) is 14.7. The molecule has 0 aliphatic rings. The van der Waals surface area contributed by atoms with Crippen molar-refractivity contribution in [2.24, 2.45) is 0 Å². The van der Waals surface area contributed by atoms with Gasteiger partial charge in [-0.15, -0.1) is 0 Å². The predicted molar refractivity (Wildman–Crippen MR) is 75.2 cm³/mol. The topological polar surface area (TPSA) is 84.2 Å². The van der Waals surface area contributed by atoms with Crippen LogP contribution in [0.25, 0.3) is 0 Å². The minimum absolute atomic E-state index is 0.0925. The van der Waals surface area contributed by atoms with Crippen molar-refractivity contribution in [3.63, 3.8) is 0 Å². The third-order valence-corrected chi connectivity index (χ3v) is 4.14. The van der Waals surface area contributed by atoms with Crippen molar-refractivity contribution >= 4 is 10.0 Å². The van der Waals surface area contributed by atoms with Gasteiger partial charge in [-0.3, -0.25) is 0 Å². The predicted octanol–water partition coefficient (Wildman–Crippen LogP) is 0.495. The molecule has 0 atom stereocenters. The lowest BCUT2D eigenvalue weighted by molar-refractivity contribution is 0.282. The minimum atomic E-state index is -3.38. The van der Waals surface area contributed by atoms with Gasteiger partial charge in [-0.25, -0.2) is 18.1 Å². The van der Waals surface area contributed by atoms with E-state index < -0.39 is 10.0 Å². The Morgan fingerprint density at radius 2 is 2.10 bits per heavy atom. The first-order chi connectivity index (χ1) is 9.59. The second kappa shape index (κ2) is 6.65. The van der Waals surface area contributed by atoms with Gasteiger partial charge in [-0.2, -0.15) is 0 Å². The molecule has 2 N–H and O–H groups in total. The number of hydrogen-bond donors (Lipinski definition) is 2. The summed E-state index contributed by atoms with van der Waals surface area (Å²) in [5.41, 5.74) is 1.36. The van der Waals surface area contributed by atoms with Crippen molar-refractivity contribution < 1.29 is 13.5 Å². The number of nitrogens with zero attached hydrogens (tertiary/aromatic N) is 2. The van der Waals surface area contributed by atoms with Gasteiger partial charge in [0.25, 0.3) is 0 Å². The van der Waals surface area contributed by atoms with Crippen LogP contribution in [-0.2, 0) is 28.9 Å². The number of rotatable bonds is 7. The summed E-state index contributed by atoms with van der Waals surface area (Å²) in [6.45, 7) is 0.760. The molecule has 20 heavy (non-hydrogen) atoms. The van der Waals surface area contributed by atoms with E-state index in [0.717, 1.165) is 0 Å². The van der Waals surface area contributed by atoms with Crippen molar-refractivity contribution in [1.29, 1.82) is 0 Å². The molecule has 2 rings (SSSR count). The molecule has 0 radical (unpaired) electrons. The molecule has 1 aromatic heterocycles. The van der Waals surface area contributed by atoms with Gasteiger partial charge >= 0.3 is 0 Å². The van der Waals surface area contributed by atoms with Gasteiger partial charge in [0.2, 0.25) is 10.0 Å². The highest BCUT2D eigenvalue weighted by Gasteiger charge is 2.11. The van der Waals surface area contributed by atoms with E-state index in [2.05, 4.69) is 9.71 Å². The molecule has 0 amide bonds. The molecule has 1 heterocycles. The molecular formula is C13H17N3O3S. The van der Waals surface area contributed by atoms with Crippen LogP contribution in [-0.4, -0.2) is 29.6 Å². The molecule has 1 aromatic carbocycles. The Morgan fingerprint density at radius 1 is 1.30 bits per heavy atom. The zero-order valence-electron chi connectivity index (χ0n) is 10.9. The highest BCUT2D eigenvalue weighted by Crippen LogP contribution is 2.08. The van der Waals surface area contributed by atoms with Gasteiger partial charge in [0.05, 0.1) is 18.7 Å². The van der Waals surface area contributed by atoms with Crippen LogP contribution in [0.1, 0.15) is 11.1 Å². The Bertz CT molecular complexity index is 639. The van der Waals surface area contributed by atoms with Gasteiger partial charge in [-0.1, -0.05) is 24.3 Å². The van der Waals surface area contributed by atoms with Crippen LogP contribution in [0.2, 0.25) is 0 Å². The van der Waals surface area contributed by atoms with E-state index in [1.165, 1.54) is 0 Å². The molecule has 0 unspecified atom stereocenters. The summed E-state index contributed by atoms with van der Waals surface area (Å²) in [7, 11) is -3.38. The van der Waals surface area contributed by atoms with E-state index in [9.17, 15) is 8.42 Å². The van der Waals surface area contributed by atoms with Gasteiger partial charge in [-0.05, 0) is 11.1 Å². The molecule has 0 fully saturated rings. The van der Waals surface area contributed by atoms with Crippen LogP contribution in [0.3, 0.4) is 0 Å². The third-order valence-electron chi connectivity index (χ3n) is 2.78. The van der Waals surface area contributed by atoms with Crippen molar-refractivity contribution in [3.05, 3.63) is 54.1 Å². The number of aliphatic hydroxyl groups is 1. The summed E-state index contributed by atoms with van der Waals surface area (Å²) in [6, 6.07) is 6.91. The zero-order valence-corrected chi connectivity index (χ0v) is 11.8. The Morgan fingerprint density at radius 3 is 2.80 bits per heavy atom. The van der Waals surface area contributed by atoms with Crippen molar-refractivity contribution in [2.45, 2.75) is 18.9 Å². The fourth-order valence-corrected chi connectivity index (χ4v) is 2.96. The van der Waals surface area contributed by atoms with E-state index >= 15 is 0 Å². The third kappa shape index (κ3) is 4.44. The number of nitrogens with one attached hydrogen (secondary N) is 1. The van der Waals surface area contributed by atoms with Crippen LogP contribution < -0.4 is 4.72 Å². The van der Waals surface area contributed by atoms with E-state index in [0.29, 0.717) is 24.2 Å². The lowest BCUT2D eigenvalue weighted by Crippen LogP contribution is -2.28. The van der Waals surface area contributed by atoms with Crippen LogP contribution in [0.5, 0.6) is 0 Å². The first-order valence-electron chi connectivity index (χ1n) is 6.21. The lowest BCUT2D eigenvalue weighted by Gasteiger charge is -2.08. The van der Waals surface area contributed by atoms with Gasteiger partial charge in [0.1, 0.15) is 0 Å². The summed E-state index contributed by atoms with van der Waals surface area (Å²) in [4.78, 5) is 3.89. The van der Waals surface area contributed by atoms with Crippen LogP contribution in [0.4, 0.5) is 0 Å². The SMILES string of the molecule is O=S(=O)(Cc1cccc(CO)c1)NCCn1ccnc1. The molecule has 6 nitrogen and oxygen atoms in total. The largest absolute Gasteiger partial charge is 0.392 e. The van der Waals surface area contributed by atoms with Crippen LogP contribution >= 0.6 is 0 Å². The average molecular weight is 295 g/mol.